The molecule has 164 valence electrons. The summed E-state index contributed by atoms with van der Waals surface area (Å²) in [7, 11) is 0. The van der Waals surface area contributed by atoms with Gasteiger partial charge in [0.25, 0.3) is 0 Å². The van der Waals surface area contributed by atoms with Crippen LogP contribution in [0.3, 0.4) is 0 Å². The van der Waals surface area contributed by atoms with Gasteiger partial charge in [0.1, 0.15) is 11.5 Å². The second-order valence-electron chi connectivity index (χ2n) is 9.25. The van der Waals surface area contributed by atoms with Crippen LogP contribution in [0.4, 0.5) is 5.69 Å². The highest BCUT2D eigenvalue weighted by Gasteiger charge is 2.39. The van der Waals surface area contributed by atoms with Gasteiger partial charge >= 0.3 is 0 Å². The number of nitrogens with one attached hydrogen (secondary N) is 1. The van der Waals surface area contributed by atoms with Gasteiger partial charge in [-0.15, -0.1) is 0 Å². The number of hydrogen-bond acceptors (Lipinski definition) is 4. The van der Waals surface area contributed by atoms with Gasteiger partial charge in [0.15, 0.2) is 0 Å². The van der Waals surface area contributed by atoms with E-state index in [4.69, 9.17) is 4.74 Å². The number of nitrogens with zero attached hydrogens (tertiary/aromatic N) is 3. The molecule has 6 rings (SSSR count). The molecule has 1 amide bonds. The lowest BCUT2D eigenvalue weighted by Gasteiger charge is -2.36. The van der Waals surface area contributed by atoms with Crippen molar-refractivity contribution >= 4 is 11.6 Å². The fourth-order valence-electron chi connectivity index (χ4n) is 4.75. The number of amides is 1. The molecule has 32 heavy (non-hydrogen) atoms. The summed E-state index contributed by atoms with van der Waals surface area (Å²) >= 11 is 0. The van der Waals surface area contributed by atoms with E-state index in [-0.39, 0.29) is 17.9 Å². The Morgan fingerprint density at radius 1 is 1.09 bits per heavy atom. The second kappa shape index (κ2) is 7.78. The fraction of sp³-hybridized carbons (Fsp3) is 0.385. The zero-order valence-corrected chi connectivity index (χ0v) is 18.3. The number of aromatic nitrogens is 2. The summed E-state index contributed by atoms with van der Waals surface area (Å²) in [6.45, 7) is 4.06. The number of rotatable bonds is 5. The van der Waals surface area contributed by atoms with Crippen LogP contribution in [0.1, 0.15) is 37.8 Å². The molecule has 3 aliphatic rings. The Morgan fingerprint density at radius 2 is 1.91 bits per heavy atom. The van der Waals surface area contributed by atoms with E-state index in [1.165, 1.54) is 0 Å². The van der Waals surface area contributed by atoms with Gasteiger partial charge in [-0.2, -0.15) is 5.10 Å². The summed E-state index contributed by atoms with van der Waals surface area (Å²) < 4.78 is 8.57. The van der Waals surface area contributed by atoms with Gasteiger partial charge in [0, 0.05) is 47.9 Å². The van der Waals surface area contributed by atoms with Gasteiger partial charge in [-0.3, -0.25) is 9.48 Å². The Bertz CT molecular complexity index is 1150. The summed E-state index contributed by atoms with van der Waals surface area (Å²) in [4.78, 5) is 15.2. The van der Waals surface area contributed by atoms with Crippen LogP contribution in [0.15, 0.2) is 54.9 Å². The first-order valence-electron chi connectivity index (χ1n) is 11.7. The van der Waals surface area contributed by atoms with E-state index in [0.29, 0.717) is 6.04 Å². The maximum Gasteiger partial charge on any atom is 0.230 e. The van der Waals surface area contributed by atoms with Crippen LogP contribution in [-0.2, 0) is 11.2 Å². The molecule has 0 unspecified atom stereocenters. The lowest BCUT2D eigenvalue weighted by molar-refractivity contribution is -0.120. The van der Waals surface area contributed by atoms with Crippen molar-refractivity contribution in [3.63, 3.8) is 0 Å². The average Bonchev–Trinajstić information content (AvgIpc) is 3.52. The second-order valence-corrected chi connectivity index (χ2v) is 9.25. The van der Waals surface area contributed by atoms with Crippen LogP contribution in [0, 0.1) is 5.92 Å². The van der Waals surface area contributed by atoms with Crippen LogP contribution >= 0.6 is 0 Å². The minimum Gasteiger partial charge on any atom is -0.456 e. The van der Waals surface area contributed by atoms with E-state index in [1.54, 1.807) is 0 Å². The summed E-state index contributed by atoms with van der Waals surface area (Å²) in [5, 5.41) is 7.92. The van der Waals surface area contributed by atoms with Crippen molar-refractivity contribution in [3.05, 3.63) is 60.4 Å². The van der Waals surface area contributed by atoms with Gasteiger partial charge < -0.3 is 15.0 Å². The van der Waals surface area contributed by atoms with Crippen LogP contribution in [0.25, 0.3) is 11.1 Å². The highest BCUT2D eigenvalue weighted by atomic mass is 16.5. The molecule has 1 atom stereocenters. The van der Waals surface area contributed by atoms with E-state index in [0.717, 1.165) is 72.6 Å². The Hall–Kier alpha value is -3.12. The smallest absolute Gasteiger partial charge is 0.230 e. The molecule has 3 heterocycles. The fourth-order valence-corrected chi connectivity index (χ4v) is 4.75. The van der Waals surface area contributed by atoms with E-state index < -0.39 is 0 Å². The third kappa shape index (κ3) is 3.39. The van der Waals surface area contributed by atoms with Gasteiger partial charge in [-0.25, -0.2) is 0 Å². The van der Waals surface area contributed by atoms with Gasteiger partial charge in [0.2, 0.25) is 5.91 Å². The number of carbonyl (C=O) groups is 1. The SMILES string of the molecule is C[C@H]1CCc2c(ccc(-c3cnn(C4CNC4)c3)c2Oc2ccccc2)N1C(=O)C1CC1. The van der Waals surface area contributed by atoms with Crippen molar-refractivity contribution < 1.29 is 9.53 Å². The molecular weight excluding hydrogens is 400 g/mol. The van der Waals surface area contributed by atoms with Gasteiger partial charge in [0.05, 0.1) is 17.9 Å². The molecule has 0 spiro atoms. The summed E-state index contributed by atoms with van der Waals surface area (Å²) in [6, 6.07) is 14.7. The topological polar surface area (TPSA) is 59.4 Å². The largest absolute Gasteiger partial charge is 0.456 e. The monoisotopic (exact) mass is 428 g/mol. The lowest BCUT2D eigenvalue weighted by atomic mass is 9.92. The van der Waals surface area contributed by atoms with Crippen LogP contribution < -0.4 is 15.0 Å². The molecule has 1 saturated heterocycles. The molecule has 2 fully saturated rings. The maximum absolute atomic E-state index is 13.1. The first-order chi connectivity index (χ1) is 15.7. The predicted octanol–water partition coefficient (Wildman–Crippen LogP) is 4.56. The average molecular weight is 429 g/mol. The molecule has 0 radical (unpaired) electrons. The van der Waals surface area contributed by atoms with Crippen LogP contribution in [0.5, 0.6) is 11.5 Å². The Labute approximate surface area is 188 Å². The van der Waals surface area contributed by atoms with Crippen molar-refractivity contribution in [1.82, 2.24) is 15.1 Å². The third-order valence-corrected chi connectivity index (χ3v) is 6.92. The molecule has 6 heteroatoms. The number of anilines is 1. The number of fused-ring (bicyclic) bond motifs is 1. The molecular formula is C26H28N4O2. The van der Waals surface area contributed by atoms with Crippen molar-refractivity contribution in [2.24, 2.45) is 5.92 Å². The quantitative estimate of drug-likeness (QED) is 0.647. The van der Waals surface area contributed by atoms with Gasteiger partial charge in [-0.05, 0) is 56.9 Å². The Morgan fingerprint density at radius 3 is 2.62 bits per heavy atom. The van der Waals surface area contributed by atoms with Crippen molar-refractivity contribution in [2.75, 3.05) is 18.0 Å². The maximum atomic E-state index is 13.1. The number of benzene rings is 2. The zero-order chi connectivity index (χ0) is 21.7. The molecule has 0 bridgehead atoms. The van der Waals surface area contributed by atoms with E-state index in [9.17, 15) is 4.79 Å². The summed E-state index contributed by atoms with van der Waals surface area (Å²) in [5.41, 5.74) is 4.20. The van der Waals surface area contributed by atoms with E-state index >= 15 is 0 Å². The van der Waals surface area contributed by atoms with Crippen molar-refractivity contribution in [2.45, 2.75) is 44.7 Å². The first kappa shape index (κ1) is 19.6. The van der Waals surface area contributed by atoms with Crippen molar-refractivity contribution in [3.8, 4) is 22.6 Å². The number of ether oxygens (including phenoxy) is 1. The lowest BCUT2D eigenvalue weighted by Crippen LogP contribution is -2.43. The number of para-hydroxylation sites is 1. The van der Waals surface area contributed by atoms with Gasteiger partial charge in [-0.1, -0.05) is 18.2 Å². The molecule has 1 N–H and O–H groups in total. The Balaban J connectivity index is 1.46. The first-order valence-corrected chi connectivity index (χ1v) is 11.7. The van der Waals surface area contributed by atoms with Crippen LogP contribution in [-0.4, -0.2) is 34.8 Å². The van der Waals surface area contributed by atoms with Crippen molar-refractivity contribution in [1.29, 1.82) is 0 Å². The normalized spacial score (nSPS) is 20.5. The molecule has 6 nitrogen and oxygen atoms in total. The van der Waals surface area contributed by atoms with E-state index in [2.05, 4.69) is 35.7 Å². The summed E-state index contributed by atoms with van der Waals surface area (Å²) in [5.74, 6) is 2.11. The molecule has 1 aliphatic carbocycles. The number of hydrogen-bond donors (Lipinski definition) is 1. The molecule has 1 saturated carbocycles. The van der Waals surface area contributed by atoms with Crippen LogP contribution in [0.2, 0.25) is 0 Å². The molecule has 2 aliphatic heterocycles. The minimum atomic E-state index is 0.191. The molecule has 1 aromatic heterocycles. The Kier molecular flexibility index (Phi) is 4.76. The standard InChI is InChI=1S/C26H28N4O2/c1-17-7-10-23-24(30(17)26(31)18-8-9-18)12-11-22(25(23)32-21-5-3-2-4-6-21)19-13-28-29(16-19)20-14-27-15-20/h2-6,11-13,16-18,20,27H,7-10,14-15H2,1H3/t17-/m0/s1. The molecule has 3 aromatic rings. The summed E-state index contributed by atoms with van der Waals surface area (Å²) in [6.07, 6.45) is 7.89. The predicted molar refractivity (Wildman–Crippen MR) is 124 cm³/mol. The number of carbonyl (C=O) groups excluding carboxylic acids is 1. The highest BCUT2D eigenvalue weighted by molar-refractivity contribution is 5.99. The minimum absolute atomic E-state index is 0.191. The zero-order valence-electron chi connectivity index (χ0n) is 18.3. The third-order valence-electron chi connectivity index (χ3n) is 6.92. The van der Waals surface area contributed by atoms with E-state index in [1.807, 2.05) is 46.1 Å². The molecule has 2 aromatic carbocycles. The highest BCUT2D eigenvalue weighted by Crippen LogP contribution is 2.46.